The highest BCUT2D eigenvalue weighted by Crippen LogP contribution is 2.31. The van der Waals surface area contributed by atoms with E-state index >= 15 is 0 Å². The third-order valence-corrected chi connectivity index (χ3v) is 4.32. The molecular formula is C16H14F2N4O2S. The van der Waals surface area contributed by atoms with Crippen LogP contribution in [0.15, 0.2) is 29.9 Å². The maximum absolute atomic E-state index is 14.2. The van der Waals surface area contributed by atoms with Gasteiger partial charge in [-0.15, -0.1) is 11.3 Å². The standard InChI is InChI=1S/C16H14F2N4O2S/c1-8(23)9-3-11(17)14(12(18)4-9)16-21-13(7-25-16)15(24)20-10-5-19-22(2)6-10/h3-8,23H,1-2H3,(H,20,24). The second-order valence-electron chi connectivity index (χ2n) is 5.43. The molecule has 0 aliphatic rings. The van der Waals surface area contributed by atoms with Gasteiger partial charge < -0.3 is 10.4 Å². The molecule has 1 aromatic carbocycles. The van der Waals surface area contributed by atoms with Crippen LogP contribution in [0.25, 0.3) is 10.6 Å². The molecule has 0 radical (unpaired) electrons. The monoisotopic (exact) mass is 364 g/mol. The molecule has 6 nitrogen and oxygen atoms in total. The third kappa shape index (κ3) is 3.57. The lowest BCUT2D eigenvalue weighted by Gasteiger charge is -2.08. The van der Waals surface area contributed by atoms with Crippen molar-refractivity contribution in [2.24, 2.45) is 7.05 Å². The molecule has 0 spiro atoms. The fourth-order valence-corrected chi connectivity index (χ4v) is 3.06. The highest BCUT2D eigenvalue weighted by molar-refractivity contribution is 7.13. The first-order chi connectivity index (χ1) is 11.8. The minimum absolute atomic E-state index is 0.0438. The minimum atomic E-state index is -0.991. The molecule has 0 bridgehead atoms. The Morgan fingerprint density at radius 2 is 2.04 bits per heavy atom. The van der Waals surface area contributed by atoms with Crippen LogP contribution >= 0.6 is 11.3 Å². The van der Waals surface area contributed by atoms with Crippen LogP contribution in [0.5, 0.6) is 0 Å². The van der Waals surface area contributed by atoms with Gasteiger partial charge in [-0.3, -0.25) is 9.48 Å². The Hall–Kier alpha value is -2.65. The van der Waals surface area contributed by atoms with Gasteiger partial charge in [0.25, 0.3) is 5.91 Å². The van der Waals surface area contributed by atoms with Crippen LogP contribution < -0.4 is 5.32 Å². The number of aromatic nitrogens is 3. The van der Waals surface area contributed by atoms with Gasteiger partial charge in [0, 0.05) is 18.6 Å². The van der Waals surface area contributed by atoms with Crippen LogP contribution in [0.3, 0.4) is 0 Å². The summed E-state index contributed by atoms with van der Waals surface area (Å²) in [6.45, 7) is 1.41. The van der Waals surface area contributed by atoms with Gasteiger partial charge in [-0.05, 0) is 24.6 Å². The van der Waals surface area contributed by atoms with Gasteiger partial charge in [0.1, 0.15) is 22.3 Å². The van der Waals surface area contributed by atoms with E-state index in [1.54, 1.807) is 13.2 Å². The lowest BCUT2D eigenvalue weighted by Crippen LogP contribution is -2.11. The van der Waals surface area contributed by atoms with Crippen LogP contribution in [0.4, 0.5) is 14.5 Å². The van der Waals surface area contributed by atoms with E-state index in [1.165, 1.54) is 23.2 Å². The molecule has 0 saturated heterocycles. The van der Waals surface area contributed by atoms with Crippen LogP contribution in [0.2, 0.25) is 0 Å². The van der Waals surface area contributed by atoms with E-state index in [1.807, 2.05) is 0 Å². The van der Waals surface area contributed by atoms with Crippen molar-refractivity contribution in [3.05, 3.63) is 52.8 Å². The zero-order chi connectivity index (χ0) is 18.1. The molecule has 2 aromatic heterocycles. The van der Waals surface area contributed by atoms with E-state index in [0.29, 0.717) is 5.69 Å². The number of thiazole rings is 1. The predicted molar refractivity (Wildman–Crippen MR) is 89.3 cm³/mol. The summed E-state index contributed by atoms with van der Waals surface area (Å²) in [5, 5.41) is 17.4. The molecule has 130 valence electrons. The molecular weight excluding hydrogens is 350 g/mol. The van der Waals surface area contributed by atoms with E-state index in [0.717, 1.165) is 23.5 Å². The van der Waals surface area contributed by atoms with Crippen molar-refractivity contribution in [3.8, 4) is 10.6 Å². The maximum atomic E-state index is 14.2. The van der Waals surface area contributed by atoms with Crippen molar-refractivity contribution < 1.29 is 18.7 Å². The Balaban J connectivity index is 1.87. The van der Waals surface area contributed by atoms with Gasteiger partial charge in [0.2, 0.25) is 0 Å². The molecule has 25 heavy (non-hydrogen) atoms. The second kappa shape index (κ2) is 6.69. The molecule has 1 unspecified atom stereocenters. The smallest absolute Gasteiger partial charge is 0.275 e. The molecule has 9 heteroatoms. The fourth-order valence-electron chi connectivity index (χ4n) is 2.21. The number of aliphatic hydroxyl groups excluding tert-OH is 1. The zero-order valence-corrected chi connectivity index (χ0v) is 14.1. The van der Waals surface area contributed by atoms with E-state index in [9.17, 15) is 18.7 Å². The molecule has 3 rings (SSSR count). The Kier molecular flexibility index (Phi) is 4.60. The van der Waals surface area contributed by atoms with E-state index in [2.05, 4.69) is 15.4 Å². The number of carbonyl (C=O) groups excluding carboxylic acids is 1. The lowest BCUT2D eigenvalue weighted by molar-refractivity contribution is 0.102. The molecule has 0 aliphatic carbocycles. The topological polar surface area (TPSA) is 80.0 Å². The molecule has 0 aliphatic heterocycles. The first-order valence-electron chi connectivity index (χ1n) is 7.28. The number of rotatable bonds is 4. The number of carbonyl (C=O) groups is 1. The average Bonchev–Trinajstić information content (AvgIpc) is 3.16. The number of aliphatic hydroxyl groups is 1. The summed E-state index contributed by atoms with van der Waals surface area (Å²) in [7, 11) is 1.71. The molecule has 0 fully saturated rings. The van der Waals surface area contributed by atoms with Gasteiger partial charge >= 0.3 is 0 Å². The van der Waals surface area contributed by atoms with Gasteiger partial charge in [-0.2, -0.15) is 5.10 Å². The van der Waals surface area contributed by atoms with Gasteiger partial charge in [-0.1, -0.05) is 0 Å². The van der Waals surface area contributed by atoms with Crippen molar-refractivity contribution >= 4 is 22.9 Å². The molecule has 0 saturated carbocycles. The summed E-state index contributed by atoms with van der Waals surface area (Å²) in [5.41, 5.74) is 0.336. The quantitative estimate of drug-likeness (QED) is 0.745. The zero-order valence-electron chi connectivity index (χ0n) is 13.3. The summed E-state index contributed by atoms with van der Waals surface area (Å²) in [5.74, 6) is -2.19. The third-order valence-electron chi connectivity index (χ3n) is 3.46. The summed E-state index contributed by atoms with van der Waals surface area (Å²) < 4.78 is 30.0. The molecule has 2 heterocycles. The lowest BCUT2D eigenvalue weighted by atomic mass is 10.1. The number of nitrogens with zero attached hydrogens (tertiary/aromatic N) is 3. The number of halogens is 2. The van der Waals surface area contributed by atoms with Gasteiger partial charge in [-0.25, -0.2) is 13.8 Å². The van der Waals surface area contributed by atoms with E-state index in [-0.39, 0.29) is 21.8 Å². The molecule has 1 amide bonds. The van der Waals surface area contributed by atoms with Crippen LogP contribution in [0.1, 0.15) is 29.1 Å². The minimum Gasteiger partial charge on any atom is -0.389 e. The summed E-state index contributed by atoms with van der Waals surface area (Å²) in [6.07, 6.45) is 2.09. The number of hydrogen-bond acceptors (Lipinski definition) is 5. The Morgan fingerprint density at radius 3 is 2.60 bits per heavy atom. The summed E-state index contributed by atoms with van der Waals surface area (Å²) in [4.78, 5) is 16.2. The fraction of sp³-hybridized carbons (Fsp3) is 0.188. The largest absolute Gasteiger partial charge is 0.389 e. The van der Waals surface area contributed by atoms with E-state index in [4.69, 9.17) is 0 Å². The highest BCUT2D eigenvalue weighted by Gasteiger charge is 2.20. The number of anilines is 1. The molecule has 2 N–H and O–H groups in total. The Labute approximate surface area is 145 Å². The summed E-state index contributed by atoms with van der Waals surface area (Å²) >= 11 is 0.954. The number of benzene rings is 1. The number of aryl methyl sites for hydroxylation is 1. The Morgan fingerprint density at radius 1 is 1.36 bits per heavy atom. The highest BCUT2D eigenvalue weighted by atomic mass is 32.1. The number of hydrogen-bond donors (Lipinski definition) is 2. The van der Waals surface area contributed by atoms with E-state index < -0.39 is 23.6 Å². The summed E-state index contributed by atoms with van der Waals surface area (Å²) in [6, 6.07) is 2.11. The first kappa shape index (κ1) is 17.2. The molecule has 1 atom stereocenters. The average molecular weight is 364 g/mol. The Bertz CT molecular complexity index is 913. The van der Waals surface area contributed by atoms with Crippen molar-refractivity contribution in [2.75, 3.05) is 5.32 Å². The first-order valence-corrected chi connectivity index (χ1v) is 8.16. The van der Waals surface area contributed by atoms with Crippen molar-refractivity contribution in [1.29, 1.82) is 0 Å². The SMILES string of the molecule is CC(O)c1cc(F)c(-c2nc(C(=O)Nc3cnn(C)c3)cs2)c(F)c1. The van der Waals surface area contributed by atoms with Gasteiger partial charge in [0.05, 0.1) is 23.6 Å². The molecule has 3 aromatic rings. The van der Waals surface area contributed by atoms with Crippen molar-refractivity contribution in [2.45, 2.75) is 13.0 Å². The number of amides is 1. The van der Waals surface area contributed by atoms with Crippen molar-refractivity contribution in [1.82, 2.24) is 14.8 Å². The number of nitrogens with one attached hydrogen (secondary N) is 1. The predicted octanol–water partition coefficient (Wildman–Crippen LogP) is 3.13. The van der Waals surface area contributed by atoms with Crippen molar-refractivity contribution in [3.63, 3.8) is 0 Å². The van der Waals surface area contributed by atoms with Crippen LogP contribution in [-0.4, -0.2) is 25.8 Å². The van der Waals surface area contributed by atoms with Crippen LogP contribution in [0, 0.1) is 11.6 Å². The second-order valence-corrected chi connectivity index (χ2v) is 6.29. The normalized spacial score (nSPS) is 12.2. The van der Waals surface area contributed by atoms with Crippen LogP contribution in [-0.2, 0) is 7.05 Å². The van der Waals surface area contributed by atoms with Gasteiger partial charge in [0.15, 0.2) is 0 Å². The maximum Gasteiger partial charge on any atom is 0.275 e.